The number of aliphatic hydroxyl groups is 1. The number of hydrogen-bond donors (Lipinski definition) is 1. The first-order chi connectivity index (χ1) is 9.74. The Hall–Kier alpha value is -0.120. The highest BCUT2D eigenvalue weighted by Gasteiger charge is 2.35. The number of likely N-dealkylation sites (tertiary alicyclic amines) is 2. The van der Waals surface area contributed by atoms with Gasteiger partial charge >= 0.3 is 0 Å². The van der Waals surface area contributed by atoms with Crippen LogP contribution in [0.25, 0.3) is 0 Å². The minimum Gasteiger partial charge on any atom is -0.393 e. The molecule has 0 spiro atoms. The van der Waals surface area contributed by atoms with E-state index in [0.717, 1.165) is 24.9 Å². The molecule has 0 aromatic heterocycles. The average molecular weight is 280 g/mol. The molecule has 0 aromatic carbocycles. The van der Waals surface area contributed by atoms with Crippen LogP contribution in [0.1, 0.15) is 51.4 Å². The predicted molar refractivity (Wildman–Crippen MR) is 82.8 cm³/mol. The third kappa shape index (κ3) is 3.37. The lowest BCUT2D eigenvalue weighted by Gasteiger charge is -2.46. The second kappa shape index (κ2) is 6.76. The van der Waals surface area contributed by atoms with Crippen molar-refractivity contribution in [2.45, 2.75) is 63.5 Å². The van der Waals surface area contributed by atoms with Crippen molar-refractivity contribution < 1.29 is 5.11 Å². The molecule has 0 aromatic rings. The van der Waals surface area contributed by atoms with Gasteiger partial charge in [-0.05, 0) is 64.1 Å². The molecule has 4 atom stereocenters. The Bertz CT molecular complexity index is 309. The van der Waals surface area contributed by atoms with Crippen molar-refractivity contribution in [3.8, 4) is 0 Å². The molecule has 3 heteroatoms. The van der Waals surface area contributed by atoms with Gasteiger partial charge in [-0.2, -0.15) is 0 Å². The van der Waals surface area contributed by atoms with Crippen LogP contribution in [0.15, 0.2) is 0 Å². The van der Waals surface area contributed by atoms with Gasteiger partial charge < -0.3 is 14.9 Å². The summed E-state index contributed by atoms with van der Waals surface area (Å²) in [5, 5.41) is 10.3. The molecule has 1 saturated carbocycles. The highest BCUT2D eigenvalue weighted by Crippen LogP contribution is 2.31. The summed E-state index contributed by atoms with van der Waals surface area (Å²) in [6.07, 6.45) is 10.2. The van der Waals surface area contributed by atoms with Gasteiger partial charge in [0.1, 0.15) is 0 Å². The molecule has 3 rings (SSSR count). The van der Waals surface area contributed by atoms with E-state index in [-0.39, 0.29) is 6.10 Å². The minimum absolute atomic E-state index is 0.0377. The summed E-state index contributed by atoms with van der Waals surface area (Å²) in [7, 11) is 2.31. The Labute approximate surface area is 124 Å². The average Bonchev–Trinajstić information content (AvgIpc) is 2.64. The Balaban J connectivity index is 1.53. The number of piperidine rings is 2. The van der Waals surface area contributed by atoms with Crippen LogP contribution in [-0.2, 0) is 0 Å². The standard InChI is InChI=1S/C17H32N2O/c1-18-10-5-7-14-12-19(11-9-16(14)18)13-15-6-3-2-4-8-17(15)20/h14-17,20H,2-13H2,1H3. The summed E-state index contributed by atoms with van der Waals surface area (Å²) < 4.78 is 0. The largest absolute Gasteiger partial charge is 0.393 e. The van der Waals surface area contributed by atoms with Crippen LogP contribution in [0.2, 0.25) is 0 Å². The zero-order chi connectivity index (χ0) is 13.9. The topological polar surface area (TPSA) is 26.7 Å². The van der Waals surface area contributed by atoms with E-state index in [1.54, 1.807) is 0 Å². The van der Waals surface area contributed by atoms with Crippen molar-refractivity contribution in [3.05, 3.63) is 0 Å². The van der Waals surface area contributed by atoms with Gasteiger partial charge in [0.25, 0.3) is 0 Å². The summed E-state index contributed by atoms with van der Waals surface area (Å²) in [5.41, 5.74) is 0. The van der Waals surface area contributed by atoms with Crippen LogP contribution in [-0.4, -0.2) is 60.3 Å². The number of fused-ring (bicyclic) bond motifs is 1. The van der Waals surface area contributed by atoms with E-state index in [4.69, 9.17) is 0 Å². The van der Waals surface area contributed by atoms with E-state index in [1.807, 2.05) is 0 Å². The summed E-state index contributed by atoms with van der Waals surface area (Å²) in [4.78, 5) is 5.26. The van der Waals surface area contributed by atoms with Crippen molar-refractivity contribution in [1.29, 1.82) is 0 Å². The Morgan fingerprint density at radius 2 is 1.80 bits per heavy atom. The molecule has 1 aliphatic carbocycles. The maximum absolute atomic E-state index is 10.3. The molecule has 2 aliphatic heterocycles. The van der Waals surface area contributed by atoms with Gasteiger partial charge in [0, 0.05) is 19.1 Å². The molecule has 1 N–H and O–H groups in total. The van der Waals surface area contributed by atoms with Crippen LogP contribution in [0, 0.1) is 11.8 Å². The summed E-state index contributed by atoms with van der Waals surface area (Å²) in [5.74, 6) is 1.42. The fourth-order valence-corrected chi connectivity index (χ4v) is 4.80. The lowest BCUT2D eigenvalue weighted by molar-refractivity contribution is 0.0139. The Morgan fingerprint density at radius 1 is 0.950 bits per heavy atom. The van der Waals surface area contributed by atoms with Crippen LogP contribution < -0.4 is 0 Å². The SMILES string of the molecule is CN1CCCC2CN(CC3CCCCCC3O)CCC21. The van der Waals surface area contributed by atoms with Crippen molar-refractivity contribution >= 4 is 0 Å². The Kier molecular flexibility index (Phi) is 5.00. The first kappa shape index (κ1) is 14.8. The van der Waals surface area contributed by atoms with Gasteiger partial charge in [-0.25, -0.2) is 0 Å². The summed E-state index contributed by atoms with van der Waals surface area (Å²) >= 11 is 0. The van der Waals surface area contributed by atoms with Gasteiger partial charge in [0.2, 0.25) is 0 Å². The predicted octanol–water partition coefficient (Wildman–Crippen LogP) is 2.34. The van der Waals surface area contributed by atoms with Gasteiger partial charge in [0.15, 0.2) is 0 Å². The molecule has 0 amide bonds. The summed E-state index contributed by atoms with van der Waals surface area (Å²) in [6.45, 7) is 4.96. The third-order valence-electron chi connectivity index (χ3n) is 6.04. The molecular formula is C17H32N2O. The summed E-state index contributed by atoms with van der Waals surface area (Å²) in [6, 6.07) is 0.832. The maximum atomic E-state index is 10.3. The van der Waals surface area contributed by atoms with Crippen molar-refractivity contribution in [1.82, 2.24) is 9.80 Å². The van der Waals surface area contributed by atoms with Gasteiger partial charge in [-0.15, -0.1) is 0 Å². The molecule has 116 valence electrons. The fraction of sp³-hybridized carbons (Fsp3) is 1.00. The zero-order valence-corrected chi connectivity index (χ0v) is 13.1. The first-order valence-corrected chi connectivity index (χ1v) is 8.84. The number of rotatable bonds is 2. The zero-order valence-electron chi connectivity index (χ0n) is 13.1. The highest BCUT2D eigenvalue weighted by molar-refractivity contribution is 4.90. The molecule has 20 heavy (non-hydrogen) atoms. The van der Waals surface area contributed by atoms with Crippen LogP contribution in [0.5, 0.6) is 0 Å². The second-order valence-electron chi connectivity index (χ2n) is 7.46. The molecule has 3 nitrogen and oxygen atoms in total. The van der Waals surface area contributed by atoms with Crippen LogP contribution in [0.4, 0.5) is 0 Å². The molecule has 3 aliphatic rings. The van der Waals surface area contributed by atoms with Gasteiger partial charge in [-0.3, -0.25) is 0 Å². The van der Waals surface area contributed by atoms with Crippen LogP contribution in [0.3, 0.4) is 0 Å². The van der Waals surface area contributed by atoms with E-state index < -0.39 is 0 Å². The van der Waals surface area contributed by atoms with Gasteiger partial charge in [-0.1, -0.05) is 19.3 Å². The maximum Gasteiger partial charge on any atom is 0.0580 e. The van der Waals surface area contributed by atoms with Gasteiger partial charge in [0.05, 0.1) is 6.10 Å². The first-order valence-electron chi connectivity index (χ1n) is 8.84. The molecule has 2 saturated heterocycles. The highest BCUT2D eigenvalue weighted by atomic mass is 16.3. The van der Waals surface area contributed by atoms with E-state index in [1.165, 1.54) is 64.6 Å². The normalized spacial score (nSPS) is 41.1. The number of aliphatic hydroxyl groups excluding tert-OH is 1. The van der Waals surface area contributed by atoms with Crippen molar-refractivity contribution in [2.75, 3.05) is 33.2 Å². The fourth-order valence-electron chi connectivity index (χ4n) is 4.80. The van der Waals surface area contributed by atoms with E-state index in [0.29, 0.717) is 5.92 Å². The van der Waals surface area contributed by atoms with E-state index >= 15 is 0 Å². The van der Waals surface area contributed by atoms with Crippen molar-refractivity contribution in [3.63, 3.8) is 0 Å². The minimum atomic E-state index is -0.0377. The molecule has 0 bridgehead atoms. The molecule has 2 heterocycles. The quantitative estimate of drug-likeness (QED) is 0.787. The third-order valence-corrected chi connectivity index (χ3v) is 6.04. The number of nitrogens with zero attached hydrogens (tertiary/aromatic N) is 2. The lowest BCUT2D eigenvalue weighted by atomic mass is 9.83. The molecule has 4 unspecified atom stereocenters. The van der Waals surface area contributed by atoms with E-state index in [2.05, 4.69) is 16.8 Å². The lowest BCUT2D eigenvalue weighted by Crippen LogP contribution is -2.53. The number of hydrogen-bond acceptors (Lipinski definition) is 3. The van der Waals surface area contributed by atoms with Crippen molar-refractivity contribution in [2.24, 2.45) is 11.8 Å². The second-order valence-corrected chi connectivity index (χ2v) is 7.46. The smallest absolute Gasteiger partial charge is 0.0580 e. The molecule has 3 fully saturated rings. The molecule has 0 radical (unpaired) electrons. The van der Waals surface area contributed by atoms with E-state index in [9.17, 15) is 5.11 Å². The molecular weight excluding hydrogens is 248 g/mol. The van der Waals surface area contributed by atoms with Crippen LogP contribution >= 0.6 is 0 Å². The Morgan fingerprint density at radius 3 is 2.70 bits per heavy atom. The monoisotopic (exact) mass is 280 g/mol.